The van der Waals surface area contributed by atoms with E-state index in [1.165, 1.54) is 30.1 Å². The molecule has 0 fully saturated rings. The zero-order valence-corrected chi connectivity index (χ0v) is 15.7. The summed E-state index contributed by atoms with van der Waals surface area (Å²) < 4.78 is 1.83. The molecule has 28 heavy (non-hydrogen) atoms. The first-order valence-electron chi connectivity index (χ1n) is 8.18. The second-order valence-electron chi connectivity index (χ2n) is 5.66. The molecular weight excluding hydrogens is 380 g/mol. The first-order chi connectivity index (χ1) is 13.5. The van der Waals surface area contributed by atoms with Crippen LogP contribution in [0.25, 0.3) is 11.4 Å². The summed E-state index contributed by atoms with van der Waals surface area (Å²) in [5.41, 5.74) is 4.00. The number of nitro groups is 1. The highest BCUT2D eigenvalue weighted by atomic mass is 32.2. The Balaban J connectivity index is 1.52. The van der Waals surface area contributed by atoms with Gasteiger partial charge in [-0.15, -0.1) is 10.2 Å². The molecule has 10 heteroatoms. The van der Waals surface area contributed by atoms with Crippen molar-refractivity contribution in [1.82, 2.24) is 20.2 Å². The number of benzene rings is 2. The lowest BCUT2D eigenvalue weighted by Gasteiger charge is -2.03. The number of thioether (sulfide) groups is 1. The van der Waals surface area contributed by atoms with Crippen LogP contribution in [0.4, 0.5) is 5.69 Å². The third-order valence-electron chi connectivity index (χ3n) is 3.71. The Hall–Kier alpha value is -3.53. The molecule has 0 bridgehead atoms. The SMILES string of the molecule is Cn1c(SCC(=O)N/N=C/c2ccc([N+](=O)[O-])cc2)nnc1-c1ccccc1. The number of nitrogens with zero attached hydrogens (tertiary/aromatic N) is 5. The molecule has 2 aromatic carbocycles. The average molecular weight is 396 g/mol. The number of hydrazone groups is 1. The number of hydrogen-bond donors (Lipinski definition) is 1. The summed E-state index contributed by atoms with van der Waals surface area (Å²) in [6.07, 6.45) is 1.42. The van der Waals surface area contributed by atoms with Gasteiger partial charge in [0.15, 0.2) is 11.0 Å². The molecular formula is C18H16N6O3S. The van der Waals surface area contributed by atoms with Gasteiger partial charge in [-0.2, -0.15) is 5.10 Å². The van der Waals surface area contributed by atoms with Crippen molar-refractivity contribution in [2.45, 2.75) is 5.16 Å². The van der Waals surface area contributed by atoms with E-state index in [0.29, 0.717) is 10.7 Å². The zero-order chi connectivity index (χ0) is 19.9. The van der Waals surface area contributed by atoms with Gasteiger partial charge >= 0.3 is 0 Å². The van der Waals surface area contributed by atoms with Gasteiger partial charge in [0.25, 0.3) is 11.6 Å². The molecule has 1 aromatic heterocycles. The maximum Gasteiger partial charge on any atom is 0.269 e. The van der Waals surface area contributed by atoms with Crippen LogP contribution in [0.3, 0.4) is 0 Å². The topological polar surface area (TPSA) is 115 Å². The van der Waals surface area contributed by atoms with E-state index in [0.717, 1.165) is 11.4 Å². The summed E-state index contributed by atoms with van der Waals surface area (Å²) in [7, 11) is 1.84. The second-order valence-corrected chi connectivity index (χ2v) is 6.60. The van der Waals surface area contributed by atoms with Gasteiger partial charge in [-0.3, -0.25) is 14.9 Å². The van der Waals surface area contributed by atoms with Gasteiger partial charge in [0.2, 0.25) is 0 Å². The fraction of sp³-hybridized carbons (Fsp3) is 0.111. The van der Waals surface area contributed by atoms with E-state index in [4.69, 9.17) is 0 Å². The number of aromatic nitrogens is 3. The third-order valence-corrected chi connectivity index (χ3v) is 4.73. The molecule has 142 valence electrons. The fourth-order valence-corrected chi connectivity index (χ4v) is 3.01. The standard InChI is InChI=1S/C18H16N6O3S/c1-23-17(14-5-3-2-4-6-14)21-22-18(23)28-12-16(25)20-19-11-13-7-9-15(10-8-13)24(26)27/h2-11H,12H2,1H3,(H,20,25)/b19-11+. The minimum absolute atomic E-state index is 0.00358. The van der Waals surface area contributed by atoms with E-state index in [-0.39, 0.29) is 17.3 Å². The zero-order valence-electron chi connectivity index (χ0n) is 14.8. The van der Waals surface area contributed by atoms with Gasteiger partial charge < -0.3 is 4.57 Å². The maximum atomic E-state index is 11.9. The normalized spacial score (nSPS) is 10.9. The van der Waals surface area contributed by atoms with Crippen LogP contribution >= 0.6 is 11.8 Å². The molecule has 0 aliphatic carbocycles. The molecule has 0 unspecified atom stereocenters. The summed E-state index contributed by atoms with van der Waals surface area (Å²) >= 11 is 1.25. The highest BCUT2D eigenvalue weighted by Gasteiger charge is 2.12. The number of rotatable bonds is 7. The van der Waals surface area contributed by atoms with E-state index in [2.05, 4.69) is 20.7 Å². The quantitative estimate of drug-likeness (QED) is 0.284. The molecule has 0 saturated heterocycles. The number of nitrogens with one attached hydrogen (secondary N) is 1. The highest BCUT2D eigenvalue weighted by molar-refractivity contribution is 7.99. The van der Waals surface area contributed by atoms with E-state index >= 15 is 0 Å². The number of carbonyl (C=O) groups excluding carboxylic acids is 1. The summed E-state index contributed by atoms with van der Waals surface area (Å²) in [5, 5.41) is 23.4. The molecule has 9 nitrogen and oxygen atoms in total. The lowest BCUT2D eigenvalue weighted by Crippen LogP contribution is -2.19. The third kappa shape index (κ3) is 4.80. The lowest BCUT2D eigenvalue weighted by atomic mass is 10.2. The molecule has 0 saturated carbocycles. The first kappa shape index (κ1) is 19.2. The van der Waals surface area contributed by atoms with Crippen LogP contribution < -0.4 is 5.43 Å². The predicted molar refractivity (Wildman–Crippen MR) is 106 cm³/mol. The van der Waals surface area contributed by atoms with Crippen molar-refractivity contribution in [3.63, 3.8) is 0 Å². The number of non-ortho nitro benzene ring substituents is 1. The number of amides is 1. The average Bonchev–Trinajstić information content (AvgIpc) is 3.08. The van der Waals surface area contributed by atoms with Gasteiger partial charge in [0.05, 0.1) is 16.9 Å². The van der Waals surface area contributed by atoms with Crippen molar-refractivity contribution >= 4 is 29.6 Å². The number of hydrogen-bond acceptors (Lipinski definition) is 7. The number of nitro benzene ring substituents is 1. The van der Waals surface area contributed by atoms with Gasteiger partial charge in [-0.1, -0.05) is 42.1 Å². The van der Waals surface area contributed by atoms with Crippen LogP contribution in [0, 0.1) is 10.1 Å². The van der Waals surface area contributed by atoms with E-state index in [1.54, 1.807) is 12.1 Å². The van der Waals surface area contributed by atoms with Crippen molar-refractivity contribution in [3.05, 3.63) is 70.3 Å². The molecule has 1 amide bonds. The highest BCUT2D eigenvalue weighted by Crippen LogP contribution is 2.22. The molecule has 3 rings (SSSR count). The van der Waals surface area contributed by atoms with Crippen molar-refractivity contribution in [3.8, 4) is 11.4 Å². The minimum Gasteiger partial charge on any atom is -0.305 e. The first-order valence-corrected chi connectivity index (χ1v) is 9.17. The van der Waals surface area contributed by atoms with Crippen molar-refractivity contribution in [1.29, 1.82) is 0 Å². The molecule has 1 heterocycles. The van der Waals surface area contributed by atoms with E-state index < -0.39 is 4.92 Å². The monoisotopic (exact) mass is 396 g/mol. The van der Waals surface area contributed by atoms with Crippen LogP contribution in [0.5, 0.6) is 0 Å². The Morgan fingerprint density at radius 1 is 1.21 bits per heavy atom. The van der Waals surface area contributed by atoms with Crippen molar-refractivity contribution in [2.75, 3.05) is 5.75 Å². The van der Waals surface area contributed by atoms with Crippen LogP contribution in [0.15, 0.2) is 64.9 Å². The second kappa shape index (κ2) is 8.91. The van der Waals surface area contributed by atoms with Crippen LogP contribution in [-0.4, -0.2) is 37.6 Å². The largest absolute Gasteiger partial charge is 0.305 e. The summed E-state index contributed by atoms with van der Waals surface area (Å²) in [4.78, 5) is 22.1. The minimum atomic E-state index is -0.477. The molecule has 0 atom stereocenters. The van der Waals surface area contributed by atoms with Gasteiger partial charge in [0.1, 0.15) is 0 Å². The van der Waals surface area contributed by atoms with Gasteiger partial charge in [0, 0.05) is 24.7 Å². The van der Waals surface area contributed by atoms with Crippen LogP contribution in [0.2, 0.25) is 0 Å². The van der Waals surface area contributed by atoms with Crippen LogP contribution in [0.1, 0.15) is 5.56 Å². The fourth-order valence-electron chi connectivity index (χ4n) is 2.30. The Morgan fingerprint density at radius 3 is 2.61 bits per heavy atom. The van der Waals surface area contributed by atoms with E-state index in [9.17, 15) is 14.9 Å². The number of carbonyl (C=O) groups is 1. The molecule has 0 spiro atoms. The van der Waals surface area contributed by atoms with E-state index in [1.807, 2.05) is 41.9 Å². The Morgan fingerprint density at radius 2 is 1.93 bits per heavy atom. The lowest BCUT2D eigenvalue weighted by molar-refractivity contribution is -0.384. The predicted octanol–water partition coefficient (Wildman–Crippen LogP) is 2.63. The molecule has 1 N–H and O–H groups in total. The van der Waals surface area contributed by atoms with Crippen molar-refractivity contribution in [2.24, 2.45) is 12.1 Å². The smallest absolute Gasteiger partial charge is 0.269 e. The summed E-state index contributed by atoms with van der Waals surface area (Å²) in [6.45, 7) is 0. The molecule has 0 aliphatic heterocycles. The molecule has 3 aromatic rings. The molecule has 0 aliphatic rings. The maximum absolute atomic E-state index is 11.9. The molecule has 0 radical (unpaired) electrons. The van der Waals surface area contributed by atoms with Crippen LogP contribution in [-0.2, 0) is 11.8 Å². The van der Waals surface area contributed by atoms with Gasteiger partial charge in [-0.25, -0.2) is 5.43 Å². The Bertz CT molecular complexity index is 1000. The Labute approximate surface area is 164 Å². The van der Waals surface area contributed by atoms with Gasteiger partial charge in [-0.05, 0) is 17.7 Å². The summed E-state index contributed by atoms with van der Waals surface area (Å²) in [6, 6.07) is 15.5. The Kier molecular flexibility index (Phi) is 6.12. The summed E-state index contributed by atoms with van der Waals surface area (Å²) in [5.74, 6) is 0.547. The van der Waals surface area contributed by atoms with Crippen molar-refractivity contribution < 1.29 is 9.72 Å².